The Bertz CT molecular complexity index is 1900. The number of carbonyl (C=O) groups excluding carboxylic acids is 1. The molecule has 0 saturated carbocycles. The van der Waals surface area contributed by atoms with Gasteiger partial charge in [-0.3, -0.25) is 14.4 Å². The van der Waals surface area contributed by atoms with E-state index < -0.39 is 0 Å². The average molecular weight is 634 g/mol. The van der Waals surface area contributed by atoms with Crippen molar-refractivity contribution in [2.45, 2.75) is 25.8 Å². The van der Waals surface area contributed by atoms with Crippen molar-refractivity contribution in [2.75, 3.05) is 51.7 Å². The summed E-state index contributed by atoms with van der Waals surface area (Å²) in [5.41, 5.74) is 11.9. The minimum atomic E-state index is 0.0725. The molecule has 0 atom stereocenters. The molecule has 12 nitrogen and oxygen atoms in total. The van der Waals surface area contributed by atoms with E-state index in [4.69, 9.17) is 20.3 Å². The van der Waals surface area contributed by atoms with Gasteiger partial charge in [0.1, 0.15) is 23.5 Å². The van der Waals surface area contributed by atoms with Crippen LogP contribution in [-0.2, 0) is 16.6 Å². The molecule has 47 heavy (non-hydrogen) atoms. The Balaban J connectivity index is 1.09. The monoisotopic (exact) mass is 633 g/mol. The van der Waals surface area contributed by atoms with E-state index >= 15 is 0 Å². The summed E-state index contributed by atoms with van der Waals surface area (Å²) >= 11 is 0. The summed E-state index contributed by atoms with van der Waals surface area (Å²) in [6.45, 7) is 7.42. The van der Waals surface area contributed by atoms with Gasteiger partial charge in [0.25, 0.3) is 0 Å². The number of pyridine rings is 1. The number of carbonyl (C=O) groups is 1. The molecule has 0 aliphatic carbocycles. The van der Waals surface area contributed by atoms with E-state index in [1.807, 2.05) is 78.3 Å². The van der Waals surface area contributed by atoms with Crippen LogP contribution in [-0.4, -0.2) is 90.9 Å². The van der Waals surface area contributed by atoms with Crippen molar-refractivity contribution in [3.05, 3.63) is 79.0 Å². The Labute approximate surface area is 273 Å². The number of nitrogens with zero attached hydrogens (tertiary/aromatic N) is 8. The molecule has 2 fully saturated rings. The van der Waals surface area contributed by atoms with Gasteiger partial charge in [0.15, 0.2) is 0 Å². The first-order chi connectivity index (χ1) is 22.9. The molecule has 2 aliphatic rings. The number of aromatic nitrogens is 6. The van der Waals surface area contributed by atoms with Gasteiger partial charge in [-0.15, -0.1) is 0 Å². The van der Waals surface area contributed by atoms with Gasteiger partial charge in [-0.2, -0.15) is 5.10 Å². The fourth-order valence-electron chi connectivity index (χ4n) is 6.48. The normalized spacial score (nSPS) is 16.3. The Morgan fingerprint density at radius 3 is 2.60 bits per heavy atom. The van der Waals surface area contributed by atoms with Gasteiger partial charge in [0, 0.05) is 74.9 Å². The zero-order valence-electron chi connectivity index (χ0n) is 26.7. The van der Waals surface area contributed by atoms with Gasteiger partial charge >= 0.3 is 0 Å². The zero-order chi connectivity index (χ0) is 32.3. The van der Waals surface area contributed by atoms with E-state index in [0.717, 1.165) is 84.8 Å². The number of fused-ring (bicyclic) bond motifs is 1. The summed E-state index contributed by atoms with van der Waals surface area (Å²) in [4.78, 5) is 30.4. The van der Waals surface area contributed by atoms with Gasteiger partial charge in [-0.25, -0.2) is 15.0 Å². The molecule has 12 heteroatoms. The Hall–Kier alpha value is -5.07. The number of morpholine rings is 1. The second kappa shape index (κ2) is 13.3. The summed E-state index contributed by atoms with van der Waals surface area (Å²) in [5, 5.41) is 5.59. The first-order valence-corrected chi connectivity index (χ1v) is 16.1. The SMILES string of the molecule is Cc1cccc(Oc2ccc(-c3c(-c4cnn(C5CCN(C(=O)/C=C/CN6CCOCC6)CC5)c4)n(C)c4ncnc(N)c34)cc2)n1. The molecule has 2 N–H and O–H groups in total. The van der Waals surface area contributed by atoms with E-state index in [0.29, 0.717) is 30.5 Å². The van der Waals surface area contributed by atoms with E-state index in [1.165, 1.54) is 6.33 Å². The lowest BCUT2D eigenvalue weighted by Crippen LogP contribution is -2.38. The Morgan fingerprint density at radius 1 is 1.04 bits per heavy atom. The fraction of sp³-hybridized carbons (Fsp3) is 0.343. The second-order valence-corrected chi connectivity index (χ2v) is 12.1. The highest BCUT2D eigenvalue weighted by Crippen LogP contribution is 2.42. The lowest BCUT2D eigenvalue weighted by molar-refractivity contribution is -0.127. The quantitative estimate of drug-likeness (QED) is 0.243. The molecule has 242 valence electrons. The fourth-order valence-corrected chi connectivity index (χ4v) is 6.48. The summed E-state index contributed by atoms with van der Waals surface area (Å²) in [6, 6.07) is 13.8. The third-order valence-corrected chi connectivity index (χ3v) is 8.98. The van der Waals surface area contributed by atoms with Gasteiger partial charge in [-0.1, -0.05) is 24.3 Å². The van der Waals surface area contributed by atoms with Crippen LogP contribution in [0.1, 0.15) is 24.6 Å². The highest BCUT2D eigenvalue weighted by atomic mass is 16.5. The van der Waals surface area contributed by atoms with Crippen molar-refractivity contribution in [1.29, 1.82) is 0 Å². The van der Waals surface area contributed by atoms with Crippen LogP contribution in [0.5, 0.6) is 11.6 Å². The number of nitrogen functional groups attached to an aromatic ring is 1. The maximum atomic E-state index is 12.9. The lowest BCUT2D eigenvalue weighted by Gasteiger charge is -2.31. The van der Waals surface area contributed by atoms with E-state index in [2.05, 4.69) is 30.6 Å². The van der Waals surface area contributed by atoms with Crippen molar-refractivity contribution in [1.82, 2.24) is 39.1 Å². The summed E-state index contributed by atoms with van der Waals surface area (Å²) < 4.78 is 15.5. The van der Waals surface area contributed by atoms with Crippen molar-refractivity contribution in [3.8, 4) is 34.0 Å². The molecule has 0 bridgehead atoms. The zero-order valence-corrected chi connectivity index (χ0v) is 26.7. The number of hydrogen-bond acceptors (Lipinski definition) is 9. The number of hydrogen-bond donors (Lipinski definition) is 1. The third-order valence-electron chi connectivity index (χ3n) is 8.98. The van der Waals surface area contributed by atoms with Crippen molar-refractivity contribution in [2.24, 2.45) is 7.05 Å². The number of likely N-dealkylation sites (tertiary alicyclic amines) is 1. The lowest BCUT2D eigenvalue weighted by atomic mass is 10.00. The molecule has 2 saturated heterocycles. The van der Waals surface area contributed by atoms with E-state index in [1.54, 1.807) is 6.08 Å². The summed E-state index contributed by atoms with van der Waals surface area (Å²) in [7, 11) is 1.99. The minimum absolute atomic E-state index is 0.0725. The molecule has 1 amide bonds. The largest absolute Gasteiger partial charge is 0.439 e. The van der Waals surface area contributed by atoms with Gasteiger partial charge < -0.3 is 24.7 Å². The maximum Gasteiger partial charge on any atom is 0.246 e. The van der Waals surface area contributed by atoms with Crippen molar-refractivity contribution in [3.63, 3.8) is 0 Å². The molecule has 7 rings (SSSR count). The molecule has 0 unspecified atom stereocenters. The van der Waals surface area contributed by atoms with Crippen LogP contribution in [0.25, 0.3) is 33.4 Å². The van der Waals surface area contributed by atoms with Crippen LogP contribution in [0, 0.1) is 6.92 Å². The van der Waals surface area contributed by atoms with Crippen LogP contribution in [0.3, 0.4) is 0 Å². The van der Waals surface area contributed by atoms with Crippen molar-refractivity contribution >= 4 is 22.8 Å². The molecular weight excluding hydrogens is 594 g/mol. The molecule has 6 heterocycles. The number of aryl methyl sites for hydroxylation is 2. The number of amides is 1. The standard InChI is InChI=1S/C35H39N9O3/c1-24-5-3-6-29(40-24)47-28-10-8-25(9-11-28)31-32-34(36)37-23-38-35(32)41(2)33(31)26-21-39-44(22-26)27-12-15-43(16-13-27)30(45)7-4-14-42-17-19-46-20-18-42/h3-11,21-23,27H,12-20H2,1-2H3,(H2,36,37,38)/b7-4+. The second-order valence-electron chi connectivity index (χ2n) is 12.1. The smallest absolute Gasteiger partial charge is 0.246 e. The van der Waals surface area contributed by atoms with E-state index in [-0.39, 0.29) is 11.9 Å². The van der Waals surface area contributed by atoms with Crippen LogP contribution in [0.15, 0.2) is 73.3 Å². The van der Waals surface area contributed by atoms with Crippen molar-refractivity contribution < 1.29 is 14.3 Å². The maximum absolute atomic E-state index is 12.9. The molecule has 5 aromatic rings. The number of nitrogens with two attached hydrogens (primary N) is 1. The first-order valence-electron chi connectivity index (χ1n) is 16.1. The van der Waals surface area contributed by atoms with Crippen LogP contribution >= 0.6 is 0 Å². The highest BCUT2D eigenvalue weighted by molar-refractivity contribution is 6.07. The number of piperidine rings is 1. The number of rotatable bonds is 8. The van der Waals surface area contributed by atoms with Gasteiger partial charge in [0.2, 0.25) is 11.8 Å². The van der Waals surface area contributed by atoms with Crippen LogP contribution < -0.4 is 10.5 Å². The average Bonchev–Trinajstić information content (AvgIpc) is 3.69. The Kier molecular flexibility index (Phi) is 8.68. The van der Waals surface area contributed by atoms with Crippen LogP contribution in [0.2, 0.25) is 0 Å². The van der Waals surface area contributed by atoms with E-state index in [9.17, 15) is 4.79 Å². The minimum Gasteiger partial charge on any atom is -0.439 e. The first kappa shape index (κ1) is 30.6. The number of anilines is 1. The summed E-state index contributed by atoms with van der Waals surface area (Å²) in [6.07, 6.45) is 10.8. The number of ether oxygens (including phenoxy) is 2. The highest BCUT2D eigenvalue weighted by Gasteiger charge is 2.26. The predicted molar refractivity (Wildman–Crippen MR) is 180 cm³/mol. The molecule has 4 aromatic heterocycles. The predicted octanol–water partition coefficient (Wildman–Crippen LogP) is 4.63. The third kappa shape index (κ3) is 6.47. The molecular formula is C35H39N9O3. The van der Waals surface area contributed by atoms with Gasteiger partial charge in [0.05, 0.1) is 36.5 Å². The molecule has 0 spiro atoms. The van der Waals surface area contributed by atoms with Crippen LogP contribution in [0.4, 0.5) is 5.82 Å². The topological polar surface area (TPSA) is 129 Å². The van der Waals surface area contributed by atoms with Gasteiger partial charge in [-0.05, 0) is 43.5 Å². The number of benzene rings is 1. The molecule has 2 aliphatic heterocycles. The Morgan fingerprint density at radius 2 is 1.83 bits per heavy atom. The molecule has 1 aromatic carbocycles. The molecule has 0 radical (unpaired) electrons. The summed E-state index contributed by atoms with van der Waals surface area (Å²) in [5.74, 6) is 1.72.